The van der Waals surface area contributed by atoms with Crippen LogP contribution in [0.4, 0.5) is 0 Å². The number of nitrogens with one attached hydrogen (secondary N) is 1. The summed E-state index contributed by atoms with van der Waals surface area (Å²) in [5.74, 6) is 0.145. The average Bonchev–Trinajstić information content (AvgIpc) is 3.27. The van der Waals surface area contributed by atoms with Crippen molar-refractivity contribution >= 4 is 23.2 Å². The number of aromatic nitrogens is 2. The minimum absolute atomic E-state index is 0.0162. The van der Waals surface area contributed by atoms with Crippen LogP contribution < -0.4 is 5.32 Å². The molecule has 1 N–H and O–H groups in total. The first kappa shape index (κ1) is 16.7. The summed E-state index contributed by atoms with van der Waals surface area (Å²) in [6, 6.07) is 5.64. The molecule has 0 bridgehead atoms. The summed E-state index contributed by atoms with van der Waals surface area (Å²) in [4.78, 5) is 27.3. The molecule has 1 fully saturated rings. The van der Waals surface area contributed by atoms with Crippen molar-refractivity contribution in [3.05, 3.63) is 40.8 Å². The lowest BCUT2D eigenvalue weighted by Gasteiger charge is -2.31. The minimum Gasteiger partial charge on any atom is -0.352 e. The Bertz CT molecular complexity index is 661. The second-order valence-corrected chi connectivity index (χ2v) is 7.13. The summed E-state index contributed by atoms with van der Waals surface area (Å²) in [5, 5.41) is 9.12. The normalized spacial score (nSPS) is 16.8. The van der Waals surface area contributed by atoms with Gasteiger partial charge in [-0.1, -0.05) is 6.07 Å². The van der Waals surface area contributed by atoms with Crippen molar-refractivity contribution in [1.82, 2.24) is 20.0 Å². The maximum atomic E-state index is 12.4. The van der Waals surface area contributed by atoms with E-state index in [1.807, 2.05) is 46.3 Å². The summed E-state index contributed by atoms with van der Waals surface area (Å²) < 4.78 is 1.81. The van der Waals surface area contributed by atoms with Gasteiger partial charge >= 0.3 is 0 Å². The number of likely N-dealkylation sites (tertiary alicyclic amines) is 1. The zero-order valence-corrected chi connectivity index (χ0v) is 14.5. The Morgan fingerprint density at radius 1 is 1.38 bits per heavy atom. The third-order valence-corrected chi connectivity index (χ3v) is 5.15. The first-order chi connectivity index (χ1) is 11.6. The number of hydrogen-bond acceptors (Lipinski definition) is 4. The molecule has 2 aromatic rings. The monoisotopic (exact) mass is 346 g/mol. The van der Waals surface area contributed by atoms with Gasteiger partial charge < -0.3 is 10.2 Å². The number of carbonyl (C=O) groups excluding carboxylic acids is 2. The Morgan fingerprint density at radius 2 is 2.17 bits per heavy atom. The van der Waals surface area contributed by atoms with Gasteiger partial charge in [-0.05, 0) is 37.3 Å². The lowest BCUT2D eigenvalue weighted by molar-refractivity contribution is -0.127. The smallest absolute Gasteiger partial charge is 0.263 e. The highest BCUT2D eigenvalue weighted by Crippen LogP contribution is 2.21. The van der Waals surface area contributed by atoms with E-state index in [-0.39, 0.29) is 23.8 Å². The molecule has 0 aliphatic carbocycles. The van der Waals surface area contributed by atoms with Crippen molar-refractivity contribution in [2.75, 3.05) is 13.1 Å². The Morgan fingerprint density at radius 3 is 2.79 bits per heavy atom. The topological polar surface area (TPSA) is 67.2 Å². The molecule has 1 saturated heterocycles. The van der Waals surface area contributed by atoms with Gasteiger partial charge in [0.05, 0.1) is 11.4 Å². The lowest BCUT2D eigenvalue weighted by atomic mass is 9.95. The molecule has 0 spiro atoms. The van der Waals surface area contributed by atoms with Gasteiger partial charge in [-0.3, -0.25) is 14.3 Å². The van der Waals surface area contributed by atoms with E-state index in [9.17, 15) is 9.59 Å². The number of nitrogens with zero attached hydrogens (tertiary/aromatic N) is 3. The number of amides is 2. The molecule has 24 heavy (non-hydrogen) atoms. The zero-order chi connectivity index (χ0) is 16.9. The number of carbonyl (C=O) groups is 2. The van der Waals surface area contributed by atoms with Gasteiger partial charge in [0, 0.05) is 37.4 Å². The van der Waals surface area contributed by atoms with Crippen LogP contribution in [0.2, 0.25) is 0 Å². The standard InChI is InChI=1S/C17H22N4O2S/c1-13(12-21-8-3-7-18-21)19-16(22)14-5-9-20(10-6-14)17(23)15-4-2-11-24-15/h2-4,7-8,11,13-14H,5-6,9-10,12H2,1H3,(H,19,22)/t13-/m0/s1. The number of hydrogen-bond donors (Lipinski definition) is 1. The zero-order valence-electron chi connectivity index (χ0n) is 13.7. The fourth-order valence-corrected chi connectivity index (χ4v) is 3.69. The largest absolute Gasteiger partial charge is 0.352 e. The van der Waals surface area contributed by atoms with E-state index in [0.717, 1.165) is 17.7 Å². The van der Waals surface area contributed by atoms with Gasteiger partial charge in [0.2, 0.25) is 5.91 Å². The molecule has 0 aromatic carbocycles. The Hall–Kier alpha value is -2.15. The van der Waals surface area contributed by atoms with Gasteiger partial charge in [-0.25, -0.2) is 0 Å². The fraction of sp³-hybridized carbons (Fsp3) is 0.471. The van der Waals surface area contributed by atoms with Crippen molar-refractivity contribution < 1.29 is 9.59 Å². The molecule has 1 aliphatic rings. The van der Waals surface area contributed by atoms with E-state index in [1.165, 1.54) is 11.3 Å². The highest BCUT2D eigenvalue weighted by molar-refractivity contribution is 7.12. The van der Waals surface area contributed by atoms with E-state index in [2.05, 4.69) is 10.4 Å². The van der Waals surface area contributed by atoms with Crippen molar-refractivity contribution in [3.8, 4) is 0 Å². The maximum absolute atomic E-state index is 12.4. The average molecular weight is 346 g/mol. The van der Waals surface area contributed by atoms with E-state index >= 15 is 0 Å². The summed E-state index contributed by atoms with van der Waals surface area (Å²) in [6.07, 6.45) is 5.06. The Labute approximate surface area is 145 Å². The molecule has 2 amide bonds. The molecular weight excluding hydrogens is 324 g/mol. The molecule has 3 rings (SSSR count). The number of rotatable bonds is 5. The number of thiophene rings is 1. The molecule has 3 heterocycles. The van der Waals surface area contributed by atoms with E-state index in [4.69, 9.17) is 0 Å². The first-order valence-corrected chi connectivity index (χ1v) is 9.12. The van der Waals surface area contributed by atoms with Gasteiger partial charge in [0.1, 0.15) is 0 Å². The molecule has 0 radical (unpaired) electrons. The summed E-state index contributed by atoms with van der Waals surface area (Å²) in [5.41, 5.74) is 0. The van der Waals surface area contributed by atoms with Crippen molar-refractivity contribution in [2.45, 2.75) is 32.4 Å². The molecule has 0 saturated carbocycles. The molecule has 128 valence electrons. The molecule has 0 unspecified atom stereocenters. The van der Waals surface area contributed by atoms with Crippen LogP contribution in [0.25, 0.3) is 0 Å². The van der Waals surface area contributed by atoms with Crippen molar-refractivity contribution in [1.29, 1.82) is 0 Å². The lowest BCUT2D eigenvalue weighted by Crippen LogP contribution is -2.45. The second kappa shape index (κ2) is 7.61. The van der Waals surface area contributed by atoms with Gasteiger partial charge in [-0.15, -0.1) is 11.3 Å². The molecule has 1 aliphatic heterocycles. The minimum atomic E-state index is -0.0162. The Balaban J connectivity index is 1.45. The summed E-state index contributed by atoms with van der Waals surface area (Å²) in [7, 11) is 0. The molecule has 2 aromatic heterocycles. The van der Waals surface area contributed by atoms with Crippen molar-refractivity contribution in [3.63, 3.8) is 0 Å². The van der Waals surface area contributed by atoms with Crippen LogP contribution in [0.3, 0.4) is 0 Å². The molecule has 6 nitrogen and oxygen atoms in total. The highest BCUT2D eigenvalue weighted by atomic mass is 32.1. The van der Waals surface area contributed by atoms with Gasteiger partial charge in [0.15, 0.2) is 0 Å². The van der Waals surface area contributed by atoms with Crippen LogP contribution in [-0.4, -0.2) is 45.6 Å². The predicted octanol–water partition coefficient (Wildman–Crippen LogP) is 2.00. The maximum Gasteiger partial charge on any atom is 0.263 e. The van der Waals surface area contributed by atoms with E-state index in [0.29, 0.717) is 19.6 Å². The molecular formula is C17H22N4O2S. The van der Waals surface area contributed by atoms with Gasteiger partial charge in [-0.2, -0.15) is 5.10 Å². The van der Waals surface area contributed by atoms with Crippen LogP contribution in [-0.2, 0) is 11.3 Å². The quantitative estimate of drug-likeness (QED) is 0.900. The van der Waals surface area contributed by atoms with E-state index < -0.39 is 0 Å². The second-order valence-electron chi connectivity index (χ2n) is 6.18. The highest BCUT2D eigenvalue weighted by Gasteiger charge is 2.28. The first-order valence-electron chi connectivity index (χ1n) is 8.24. The summed E-state index contributed by atoms with van der Waals surface area (Å²) in [6.45, 7) is 3.92. The SMILES string of the molecule is C[C@@H](Cn1cccn1)NC(=O)C1CCN(C(=O)c2cccs2)CC1. The van der Waals surface area contributed by atoms with Crippen LogP contribution >= 0.6 is 11.3 Å². The van der Waals surface area contributed by atoms with Crippen LogP contribution in [0.5, 0.6) is 0 Å². The molecule has 1 atom stereocenters. The van der Waals surface area contributed by atoms with Crippen molar-refractivity contribution in [2.24, 2.45) is 5.92 Å². The summed E-state index contributed by atoms with van der Waals surface area (Å²) >= 11 is 1.46. The predicted molar refractivity (Wildman–Crippen MR) is 92.8 cm³/mol. The van der Waals surface area contributed by atoms with E-state index in [1.54, 1.807) is 6.20 Å². The third kappa shape index (κ3) is 4.03. The third-order valence-electron chi connectivity index (χ3n) is 4.29. The number of piperidine rings is 1. The van der Waals surface area contributed by atoms with Crippen LogP contribution in [0.1, 0.15) is 29.4 Å². The Kier molecular flexibility index (Phi) is 5.30. The van der Waals surface area contributed by atoms with Crippen LogP contribution in [0.15, 0.2) is 36.0 Å². The van der Waals surface area contributed by atoms with Gasteiger partial charge in [0.25, 0.3) is 5.91 Å². The van der Waals surface area contributed by atoms with Crippen LogP contribution in [0, 0.1) is 5.92 Å². The fourth-order valence-electron chi connectivity index (χ4n) is 3.00. The molecule has 7 heteroatoms.